The monoisotopic (exact) mass is 374 g/mol. The smallest absolute Gasteiger partial charge is 0.273 e. The number of carbonyl (C=O) groups is 1. The second kappa shape index (κ2) is 6.90. The van der Waals surface area contributed by atoms with E-state index in [0.717, 1.165) is 12.1 Å². The zero-order valence-corrected chi connectivity index (χ0v) is 14.4. The van der Waals surface area contributed by atoms with Crippen molar-refractivity contribution in [2.24, 2.45) is 0 Å². The van der Waals surface area contributed by atoms with Crippen LogP contribution in [0, 0.1) is 11.6 Å². The second-order valence-corrected chi connectivity index (χ2v) is 6.43. The van der Waals surface area contributed by atoms with Crippen LogP contribution in [0.5, 0.6) is 0 Å². The van der Waals surface area contributed by atoms with Gasteiger partial charge in [-0.3, -0.25) is 4.79 Å². The number of aromatic nitrogens is 3. The van der Waals surface area contributed by atoms with Crippen LogP contribution in [0.2, 0.25) is 0 Å². The topological polar surface area (TPSA) is 94.1 Å². The molecule has 0 atom stereocenters. The Bertz CT molecular complexity index is 979. The number of rotatable bonds is 5. The van der Waals surface area contributed by atoms with Gasteiger partial charge < -0.3 is 14.3 Å². The minimum atomic E-state index is -0.998. The molecule has 0 bridgehead atoms. The van der Waals surface area contributed by atoms with Gasteiger partial charge in [0.2, 0.25) is 11.8 Å². The van der Waals surface area contributed by atoms with E-state index in [1.165, 1.54) is 12.1 Å². The van der Waals surface area contributed by atoms with Gasteiger partial charge >= 0.3 is 0 Å². The molecule has 2 aromatic heterocycles. The van der Waals surface area contributed by atoms with Crippen LogP contribution >= 0.6 is 0 Å². The zero-order valence-electron chi connectivity index (χ0n) is 14.4. The van der Waals surface area contributed by atoms with E-state index < -0.39 is 17.5 Å². The Morgan fingerprint density at radius 1 is 1.22 bits per heavy atom. The predicted octanol–water partition coefficient (Wildman–Crippen LogP) is 3.24. The summed E-state index contributed by atoms with van der Waals surface area (Å²) in [6.45, 7) is 1.94. The maximum atomic E-state index is 13.3. The molecule has 0 aliphatic heterocycles. The van der Waals surface area contributed by atoms with E-state index in [2.05, 4.69) is 20.7 Å². The van der Waals surface area contributed by atoms with Crippen molar-refractivity contribution in [3.8, 4) is 11.3 Å². The summed E-state index contributed by atoms with van der Waals surface area (Å²) in [6.07, 6.45) is 2.09. The Morgan fingerprint density at radius 2 is 2.04 bits per heavy atom. The fourth-order valence-electron chi connectivity index (χ4n) is 2.94. The Balaban J connectivity index is 1.36. The van der Waals surface area contributed by atoms with Crippen molar-refractivity contribution in [2.75, 3.05) is 0 Å². The Morgan fingerprint density at radius 3 is 2.74 bits per heavy atom. The molecule has 1 amide bonds. The van der Waals surface area contributed by atoms with E-state index in [0.29, 0.717) is 36.6 Å². The van der Waals surface area contributed by atoms with Gasteiger partial charge in [-0.05, 0) is 31.0 Å². The normalized spacial score (nSPS) is 18.9. The molecular formula is C18H16F2N4O3. The number of nitrogens with one attached hydrogen (secondary N) is 1. The van der Waals surface area contributed by atoms with Crippen LogP contribution in [0.15, 0.2) is 33.2 Å². The van der Waals surface area contributed by atoms with E-state index in [4.69, 9.17) is 8.94 Å². The lowest BCUT2D eigenvalue weighted by Crippen LogP contribution is -2.43. The molecule has 3 aromatic rings. The molecule has 4 rings (SSSR count). The Hall–Kier alpha value is -3.10. The Labute approximate surface area is 152 Å². The molecule has 27 heavy (non-hydrogen) atoms. The van der Waals surface area contributed by atoms with Gasteiger partial charge in [0.25, 0.3) is 5.91 Å². The van der Waals surface area contributed by atoms with Crippen molar-refractivity contribution in [1.29, 1.82) is 0 Å². The molecule has 1 fully saturated rings. The summed E-state index contributed by atoms with van der Waals surface area (Å²) in [5, 5.41) is 14.5. The first-order valence-electron chi connectivity index (χ1n) is 8.58. The lowest BCUT2D eigenvalue weighted by molar-refractivity contribution is 0.0894. The lowest BCUT2D eigenvalue weighted by Gasteiger charge is -2.33. The summed E-state index contributed by atoms with van der Waals surface area (Å²) >= 11 is 0. The third kappa shape index (κ3) is 3.44. The van der Waals surface area contributed by atoms with Gasteiger partial charge in [0.15, 0.2) is 23.1 Å². The molecular weight excluding hydrogens is 358 g/mol. The lowest BCUT2D eigenvalue weighted by atomic mass is 9.80. The van der Waals surface area contributed by atoms with Crippen molar-refractivity contribution in [3.63, 3.8) is 0 Å². The van der Waals surface area contributed by atoms with Crippen LogP contribution in [0.1, 0.15) is 48.0 Å². The average Bonchev–Trinajstić information content (AvgIpc) is 3.29. The summed E-state index contributed by atoms with van der Waals surface area (Å²) in [6, 6.07) is 4.70. The van der Waals surface area contributed by atoms with Gasteiger partial charge in [0.1, 0.15) is 0 Å². The molecule has 0 unspecified atom stereocenters. The molecule has 7 nitrogen and oxygen atoms in total. The molecule has 1 N–H and O–H groups in total. The van der Waals surface area contributed by atoms with E-state index >= 15 is 0 Å². The maximum Gasteiger partial charge on any atom is 0.273 e. The summed E-state index contributed by atoms with van der Waals surface area (Å²) < 4.78 is 36.9. The number of amides is 1. The molecule has 9 heteroatoms. The molecule has 1 saturated carbocycles. The van der Waals surface area contributed by atoms with Crippen molar-refractivity contribution < 1.29 is 22.5 Å². The first kappa shape index (κ1) is 17.3. The van der Waals surface area contributed by atoms with E-state index in [1.807, 2.05) is 6.92 Å². The minimum absolute atomic E-state index is 0.0251. The highest BCUT2D eigenvalue weighted by atomic mass is 19.2. The molecule has 2 heterocycles. The third-order valence-corrected chi connectivity index (χ3v) is 4.55. The van der Waals surface area contributed by atoms with Crippen LogP contribution in [0.25, 0.3) is 11.3 Å². The maximum absolute atomic E-state index is 13.3. The van der Waals surface area contributed by atoms with Gasteiger partial charge in [-0.15, -0.1) is 10.2 Å². The first-order valence-corrected chi connectivity index (χ1v) is 8.58. The highest BCUT2D eigenvalue weighted by molar-refractivity contribution is 5.93. The standard InChI is InChI=1S/C18H16F2N4O3/c1-2-16-22-23-18(26-16)10-5-11(6-10)21-17(25)14-8-15(27-24-14)9-3-4-12(19)13(20)7-9/h3-4,7-8,10-11H,2,5-6H2,1H3,(H,21,25). The number of hydrogen-bond acceptors (Lipinski definition) is 6. The Kier molecular flexibility index (Phi) is 4.43. The SMILES string of the molecule is CCc1nnc(C2CC(NC(=O)c3cc(-c4ccc(F)c(F)c4)on3)C2)o1. The van der Waals surface area contributed by atoms with Gasteiger partial charge in [-0.25, -0.2) is 8.78 Å². The van der Waals surface area contributed by atoms with Crippen LogP contribution < -0.4 is 5.32 Å². The van der Waals surface area contributed by atoms with Crippen molar-refractivity contribution in [2.45, 2.75) is 38.1 Å². The summed E-state index contributed by atoms with van der Waals surface area (Å²) in [5.41, 5.74) is 0.372. The van der Waals surface area contributed by atoms with E-state index in [-0.39, 0.29) is 23.4 Å². The van der Waals surface area contributed by atoms with Crippen LogP contribution in [-0.4, -0.2) is 27.3 Å². The molecule has 0 saturated heterocycles. The highest BCUT2D eigenvalue weighted by Gasteiger charge is 2.35. The second-order valence-electron chi connectivity index (χ2n) is 6.43. The first-order chi connectivity index (χ1) is 13.0. The summed E-state index contributed by atoms with van der Waals surface area (Å²) in [4.78, 5) is 12.3. The quantitative estimate of drug-likeness (QED) is 0.737. The van der Waals surface area contributed by atoms with E-state index in [1.54, 1.807) is 0 Å². The number of nitrogens with zero attached hydrogens (tertiary/aromatic N) is 3. The fourth-order valence-corrected chi connectivity index (χ4v) is 2.94. The summed E-state index contributed by atoms with van der Waals surface area (Å²) in [5.74, 6) is -0.826. The minimum Gasteiger partial charge on any atom is -0.425 e. The van der Waals surface area contributed by atoms with Gasteiger partial charge in [-0.1, -0.05) is 12.1 Å². The molecule has 1 aliphatic rings. The molecule has 0 spiro atoms. The van der Waals surface area contributed by atoms with Crippen LogP contribution in [0.4, 0.5) is 8.78 Å². The third-order valence-electron chi connectivity index (χ3n) is 4.55. The van der Waals surface area contributed by atoms with Crippen LogP contribution in [-0.2, 0) is 6.42 Å². The van der Waals surface area contributed by atoms with Crippen molar-refractivity contribution in [1.82, 2.24) is 20.7 Å². The number of benzene rings is 1. The number of carbonyl (C=O) groups excluding carboxylic acids is 1. The zero-order chi connectivity index (χ0) is 19.0. The van der Waals surface area contributed by atoms with Gasteiger partial charge in [0.05, 0.1) is 0 Å². The molecule has 140 valence electrons. The molecule has 1 aromatic carbocycles. The van der Waals surface area contributed by atoms with Gasteiger partial charge in [-0.2, -0.15) is 0 Å². The fraction of sp³-hybridized carbons (Fsp3) is 0.333. The highest BCUT2D eigenvalue weighted by Crippen LogP contribution is 2.36. The average molecular weight is 374 g/mol. The summed E-state index contributed by atoms with van der Waals surface area (Å²) in [7, 11) is 0. The number of hydrogen-bond donors (Lipinski definition) is 1. The number of aryl methyl sites for hydroxylation is 1. The number of halogens is 2. The largest absolute Gasteiger partial charge is 0.425 e. The van der Waals surface area contributed by atoms with E-state index in [9.17, 15) is 13.6 Å². The van der Waals surface area contributed by atoms with Crippen molar-refractivity contribution in [3.05, 3.63) is 53.4 Å². The van der Waals surface area contributed by atoms with Crippen molar-refractivity contribution >= 4 is 5.91 Å². The molecule has 1 aliphatic carbocycles. The van der Waals surface area contributed by atoms with Crippen LogP contribution in [0.3, 0.4) is 0 Å². The van der Waals surface area contributed by atoms with Gasteiger partial charge in [0, 0.05) is 30.0 Å². The molecule has 0 radical (unpaired) electrons. The predicted molar refractivity (Wildman–Crippen MR) is 88.8 cm³/mol.